The smallest absolute Gasteiger partial charge is 0.340 e. The molecule has 0 aliphatic heterocycles. The van der Waals surface area contributed by atoms with Crippen molar-refractivity contribution in [2.24, 2.45) is 5.92 Å². The van der Waals surface area contributed by atoms with Gasteiger partial charge in [-0.15, -0.1) is 0 Å². The Morgan fingerprint density at radius 2 is 2.25 bits per heavy atom. The summed E-state index contributed by atoms with van der Waals surface area (Å²) in [6.07, 6.45) is 0. The minimum atomic E-state index is -1.31. The van der Waals surface area contributed by atoms with Crippen LogP contribution in [0.3, 0.4) is 0 Å². The summed E-state index contributed by atoms with van der Waals surface area (Å²) in [5.41, 5.74) is -0.138. The zero-order valence-corrected chi connectivity index (χ0v) is 8.90. The Balaban J connectivity index is 2.87. The Morgan fingerprint density at radius 3 is 2.81 bits per heavy atom. The molecule has 0 spiro atoms. The van der Waals surface area contributed by atoms with Gasteiger partial charge in [-0.25, -0.2) is 9.18 Å². The molecule has 0 amide bonds. The highest BCUT2D eigenvalue weighted by molar-refractivity contribution is 5.94. The molecule has 0 heterocycles. The maximum absolute atomic E-state index is 13.2. The predicted molar refractivity (Wildman–Crippen MR) is 58.1 cm³/mol. The standard InChI is InChI=1S/C11H14FNO3/c1-7(6-14)5-13-9-4-2-3-8(12)10(9)11(15)16/h2-4,7,13-14H,5-6H2,1H3,(H,15,16). The van der Waals surface area contributed by atoms with Crippen LogP contribution >= 0.6 is 0 Å². The van der Waals surface area contributed by atoms with Gasteiger partial charge in [0, 0.05) is 13.2 Å². The summed E-state index contributed by atoms with van der Waals surface area (Å²) in [6, 6.07) is 4.04. The molecule has 0 aromatic heterocycles. The van der Waals surface area contributed by atoms with Gasteiger partial charge in [-0.05, 0) is 18.1 Å². The van der Waals surface area contributed by atoms with E-state index in [2.05, 4.69) is 5.32 Å². The first-order valence-electron chi connectivity index (χ1n) is 4.92. The van der Waals surface area contributed by atoms with Crippen LogP contribution in [0.4, 0.5) is 10.1 Å². The van der Waals surface area contributed by atoms with Crippen LogP contribution in [0, 0.1) is 11.7 Å². The van der Waals surface area contributed by atoms with Crippen LogP contribution in [-0.2, 0) is 0 Å². The topological polar surface area (TPSA) is 69.6 Å². The Bertz CT molecular complexity index is 381. The molecule has 1 unspecified atom stereocenters. The summed E-state index contributed by atoms with van der Waals surface area (Å²) >= 11 is 0. The van der Waals surface area contributed by atoms with Gasteiger partial charge in [-0.2, -0.15) is 0 Å². The van der Waals surface area contributed by atoms with Gasteiger partial charge >= 0.3 is 5.97 Å². The monoisotopic (exact) mass is 227 g/mol. The lowest BCUT2D eigenvalue weighted by atomic mass is 10.1. The lowest BCUT2D eigenvalue weighted by Crippen LogP contribution is -2.17. The number of carboxylic acids is 1. The van der Waals surface area contributed by atoms with Crippen molar-refractivity contribution in [1.29, 1.82) is 0 Å². The van der Waals surface area contributed by atoms with Crippen molar-refractivity contribution >= 4 is 11.7 Å². The Morgan fingerprint density at radius 1 is 1.56 bits per heavy atom. The average Bonchev–Trinajstić information content (AvgIpc) is 2.25. The van der Waals surface area contributed by atoms with E-state index in [0.29, 0.717) is 6.54 Å². The van der Waals surface area contributed by atoms with E-state index in [1.807, 2.05) is 0 Å². The van der Waals surface area contributed by atoms with Gasteiger partial charge in [-0.1, -0.05) is 13.0 Å². The largest absolute Gasteiger partial charge is 0.478 e. The molecule has 88 valence electrons. The molecular weight excluding hydrogens is 213 g/mol. The van der Waals surface area contributed by atoms with E-state index in [-0.39, 0.29) is 23.8 Å². The maximum Gasteiger partial charge on any atom is 0.340 e. The van der Waals surface area contributed by atoms with Gasteiger partial charge in [0.25, 0.3) is 0 Å². The molecule has 0 saturated heterocycles. The number of benzene rings is 1. The summed E-state index contributed by atoms with van der Waals surface area (Å²) in [7, 11) is 0. The molecular formula is C11H14FNO3. The Hall–Kier alpha value is -1.62. The highest BCUT2D eigenvalue weighted by atomic mass is 19.1. The van der Waals surface area contributed by atoms with Gasteiger partial charge in [0.1, 0.15) is 11.4 Å². The van der Waals surface area contributed by atoms with Crippen LogP contribution in [-0.4, -0.2) is 29.3 Å². The summed E-state index contributed by atoms with van der Waals surface area (Å²) in [6.45, 7) is 2.18. The first kappa shape index (κ1) is 12.4. The van der Waals surface area contributed by atoms with Crippen LogP contribution < -0.4 is 5.32 Å². The van der Waals surface area contributed by atoms with Gasteiger partial charge in [-0.3, -0.25) is 0 Å². The number of carboxylic acid groups (broad SMARTS) is 1. The minimum absolute atomic E-state index is 0.00921. The molecule has 0 aliphatic rings. The van der Waals surface area contributed by atoms with Crippen molar-refractivity contribution in [3.8, 4) is 0 Å². The van der Waals surface area contributed by atoms with Crippen LogP contribution in [0.15, 0.2) is 18.2 Å². The highest BCUT2D eigenvalue weighted by Gasteiger charge is 2.15. The van der Waals surface area contributed by atoms with Crippen molar-refractivity contribution in [2.45, 2.75) is 6.92 Å². The lowest BCUT2D eigenvalue weighted by molar-refractivity contribution is 0.0693. The maximum atomic E-state index is 13.2. The third-order valence-corrected chi connectivity index (χ3v) is 2.18. The van der Waals surface area contributed by atoms with Crippen LogP contribution in [0.25, 0.3) is 0 Å². The number of aromatic carboxylic acids is 1. The van der Waals surface area contributed by atoms with Gasteiger partial charge in [0.15, 0.2) is 0 Å². The van der Waals surface area contributed by atoms with Gasteiger partial charge in [0.05, 0.1) is 5.69 Å². The van der Waals surface area contributed by atoms with Crippen molar-refractivity contribution in [3.63, 3.8) is 0 Å². The summed E-state index contributed by atoms with van der Waals surface area (Å²) in [4.78, 5) is 10.8. The molecule has 1 rings (SSSR count). The normalized spacial score (nSPS) is 12.2. The fourth-order valence-corrected chi connectivity index (χ4v) is 1.24. The third kappa shape index (κ3) is 2.93. The molecule has 3 N–H and O–H groups in total. The SMILES string of the molecule is CC(CO)CNc1cccc(F)c1C(=O)O. The molecule has 5 heteroatoms. The van der Waals surface area contributed by atoms with Gasteiger partial charge < -0.3 is 15.5 Å². The van der Waals surface area contributed by atoms with Gasteiger partial charge in [0.2, 0.25) is 0 Å². The number of hydrogen-bond acceptors (Lipinski definition) is 3. The summed E-state index contributed by atoms with van der Waals surface area (Å²) in [5.74, 6) is -2.10. The fraction of sp³-hybridized carbons (Fsp3) is 0.364. The number of hydrogen-bond donors (Lipinski definition) is 3. The van der Waals surface area contributed by atoms with E-state index in [4.69, 9.17) is 10.2 Å². The number of anilines is 1. The lowest BCUT2D eigenvalue weighted by Gasteiger charge is -2.13. The number of rotatable bonds is 5. The number of aliphatic hydroxyl groups excluding tert-OH is 1. The first-order chi connectivity index (χ1) is 7.56. The van der Waals surface area contributed by atoms with E-state index in [0.717, 1.165) is 6.07 Å². The molecule has 1 aromatic rings. The zero-order valence-electron chi connectivity index (χ0n) is 8.90. The molecule has 0 saturated carbocycles. The second-order valence-corrected chi connectivity index (χ2v) is 3.64. The van der Waals surface area contributed by atoms with Crippen LogP contribution in [0.2, 0.25) is 0 Å². The van der Waals surface area contributed by atoms with Crippen LogP contribution in [0.5, 0.6) is 0 Å². The quantitative estimate of drug-likeness (QED) is 0.714. The predicted octanol–water partition coefficient (Wildman–Crippen LogP) is 1.56. The van der Waals surface area contributed by atoms with E-state index < -0.39 is 11.8 Å². The Kier molecular flexibility index (Phi) is 4.25. The highest BCUT2D eigenvalue weighted by Crippen LogP contribution is 2.19. The average molecular weight is 227 g/mol. The molecule has 0 bridgehead atoms. The summed E-state index contributed by atoms with van der Waals surface area (Å²) in [5, 5.41) is 20.5. The van der Waals surface area contributed by atoms with Crippen molar-refractivity contribution in [3.05, 3.63) is 29.6 Å². The van der Waals surface area contributed by atoms with Crippen molar-refractivity contribution in [1.82, 2.24) is 0 Å². The molecule has 1 aromatic carbocycles. The Labute approximate surface area is 92.7 Å². The molecule has 0 aliphatic carbocycles. The number of halogens is 1. The van der Waals surface area contributed by atoms with Crippen molar-refractivity contribution in [2.75, 3.05) is 18.5 Å². The number of nitrogens with one attached hydrogen (secondary N) is 1. The molecule has 0 fully saturated rings. The zero-order chi connectivity index (χ0) is 12.1. The van der Waals surface area contributed by atoms with E-state index in [1.54, 1.807) is 6.92 Å². The number of carbonyl (C=O) groups is 1. The van der Waals surface area contributed by atoms with E-state index >= 15 is 0 Å². The third-order valence-electron chi connectivity index (χ3n) is 2.18. The molecule has 1 atom stereocenters. The van der Waals surface area contributed by atoms with Crippen molar-refractivity contribution < 1.29 is 19.4 Å². The fourth-order valence-electron chi connectivity index (χ4n) is 1.24. The van der Waals surface area contributed by atoms with E-state index in [9.17, 15) is 9.18 Å². The minimum Gasteiger partial charge on any atom is -0.478 e. The van der Waals surface area contributed by atoms with Crippen LogP contribution in [0.1, 0.15) is 17.3 Å². The first-order valence-corrected chi connectivity index (χ1v) is 4.92. The molecule has 4 nitrogen and oxygen atoms in total. The second-order valence-electron chi connectivity index (χ2n) is 3.64. The molecule has 0 radical (unpaired) electrons. The number of aliphatic hydroxyl groups is 1. The molecule has 16 heavy (non-hydrogen) atoms. The van der Waals surface area contributed by atoms with E-state index in [1.165, 1.54) is 12.1 Å². The summed E-state index contributed by atoms with van der Waals surface area (Å²) < 4.78 is 13.2. The second kappa shape index (κ2) is 5.46.